The molecule has 1 amide bonds. The van der Waals surface area contributed by atoms with Crippen molar-refractivity contribution >= 4 is 37.8 Å². The number of rotatable bonds is 5. The molecule has 1 aliphatic rings. The van der Waals surface area contributed by atoms with E-state index < -0.39 is 0 Å². The highest BCUT2D eigenvalue weighted by molar-refractivity contribution is 9.25. The molecule has 0 radical (unpaired) electrons. The lowest BCUT2D eigenvalue weighted by molar-refractivity contribution is -0.135. The van der Waals surface area contributed by atoms with Gasteiger partial charge in [-0.15, -0.1) is 13.2 Å². The maximum Gasteiger partial charge on any atom is 0.231 e. The molecule has 0 heterocycles. The summed E-state index contributed by atoms with van der Waals surface area (Å²) in [7, 11) is 0. The van der Waals surface area contributed by atoms with Crippen LogP contribution in [-0.2, 0) is 4.79 Å². The molecule has 1 saturated carbocycles. The quantitative estimate of drug-likeness (QED) is 0.558. The average Bonchev–Trinajstić information content (AvgIpc) is 2.66. The van der Waals surface area contributed by atoms with Gasteiger partial charge < -0.3 is 4.90 Å². The Morgan fingerprint density at radius 2 is 1.80 bits per heavy atom. The molecule has 0 aromatic rings. The Hall–Kier alpha value is -0.0900. The van der Waals surface area contributed by atoms with Gasteiger partial charge in [0.1, 0.15) is 0 Å². The minimum Gasteiger partial charge on any atom is -0.335 e. The molecular weight excluding hydrogens is 322 g/mol. The van der Waals surface area contributed by atoms with Crippen molar-refractivity contribution in [2.75, 3.05) is 13.1 Å². The topological polar surface area (TPSA) is 20.3 Å². The lowest BCUT2D eigenvalue weighted by atomic mass is 10.1. The lowest BCUT2D eigenvalue weighted by Crippen LogP contribution is -2.38. The molecule has 0 aliphatic heterocycles. The van der Waals surface area contributed by atoms with Gasteiger partial charge in [0.25, 0.3) is 0 Å². The van der Waals surface area contributed by atoms with E-state index in [1.807, 2.05) is 6.92 Å². The van der Waals surface area contributed by atoms with Gasteiger partial charge in [0.2, 0.25) is 5.91 Å². The third kappa shape index (κ3) is 2.36. The van der Waals surface area contributed by atoms with E-state index in [0.29, 0.717) is 13.1 Å². The maximum absolute atomic E-state index is 12.2. The molecule has 84 valence electrons. The second-order valence-electron chi connectivity index (χ2n) is 4.00. The van der Waals surface area contributed by atoms with Gasteiger partial charge in [-0.2, -0.15) is 0 Å². The second kappa shape index (κ2) is 4.42. The summed E-state index contributed by atoms with van der Waals surface area (Å²) in [6.45, 7) is 10.4. The fourth-order valence-electron chi connectivity index (χ4n) is 1.53. The van der Waals surface area contributed by atoms with Crippen LogP contribution in [0.15, 0.2) is 25.3 Å². The monoisotopic (exact) mass is 335 g/mol. The van der Waals surface area contributed by atoms with Crippen molar-refractivity contribution in [1.82, 2.24) is 4.90 Å². The Labute approximate surface area is 108 Å². The molecule has 0 N–H and O–H groups in total. The van der Waals surface area contributed by atoms with Crippen LogP contribution < -0.4 is 0 Å². The van der Waals surface area contributed by atoms with Gasteiger partial charge in [0.05, 0.1) is 8.65 Å². The molecule has 1 unspecified atom stereocenters. The van der Waals surface area contributed by atoms with Crippen LogP contribution in [0.4, 0.5) is 0 Å². The Morgan fingerprint density at radius 1 is 1.40 bits per heavy atom. The average molecular weight is 337 g/mol. The summed E-state index contributed by atoms with van der Waals surface area (Å²) in [5.74, 6) is 0.135. The molecule has 1 aliphatic carbocycles. The molecule has 0 aromatic carbocycles. The zero-order chi connectivity index (χ0) is 11.7. The molecule has 4 heteroatoms. The van der Waals surface area contributed by atoms with E-state index in [1.165, 1.54) is 0 Å². The van der Waals surface area contributed by atoms with Crippen molar-refractivity contribution < 1.29 is 4.79 Å². The van der Waals surface area contributed by atoms with Crippen LogP contribution in [0.2, 0.25) is 0 Å². The third-order valence-corrected chi connectivity index (χ3v) is 5.03. The first kappa shape index (κ1) is 13.0. The van der Waals surface area contributed by atoms with E-state index in [-0.39, 0.29) is 14.6 Å². The molecular formula is C11H15Br2NO. The smallest absolute Gasteiger partial charge is 0.231 e. The summed E-state index contributed by atoms with van der Waals surface area (Å²) in [6, 6.07) is 0. The van der Waals surface area contributed by atoms with E-state index in [4.69, 9.17) is 0 Å². The van der Waals surface area contributed by atoms with Gasteiger partial charge in [-0.1, -0.05) is 44.0 Å². The lowest BCUT2D eigenvalue weighted by Gasteiger charge is -2.24. The zero-order valence-corrected chi connectivity index (χ0v) is 12.0. The highest BCUT2D eigenvalue weighted by Gasteiger charge is 2.67. The van der Waals surface area contributed by atoms with E-state index in [1.54, 1.807) is 17.1 Å². The number of hydrogen-bond acceptors (Lipinski definition) is 1. The van der Waals surface area contributed by atoms with Crippen molar-refractivity contribution in [1.29, 1.82) is 0 Å². The number of nitrogens with zero attached hydrogens (tertiary/aromatic N) is 1. The summed E-state index contributed by atoms with van der Waals surface area (Å²) in [5.41, 5.74) is -0.348. The summed E-state index contributed by atoms with van der Waals surface area (Å²) in [5, 5.41) is 0. The van der Waals surface area contributed by atoms with Crippen LogP contribution in [0, 0.1) is 5.41 Å². The van der Waals surface area contributed by atoms with Crippen molar-refractivity contribution in [3.05, 3.63) is 25.3 Å². The summed E-state index contributed by atoms with van der Waals surface area (Å²) < 4.78 is -0.231. The number of halogens is 2. The second-order valence-corrected chi connectivity index (χ2v) is 7.77. The molecule has 1 fully saturated rings. The van der Waals surface area contributed by atoms with Crippen molar-refractivity contribution in [2.45, 2.75) is 16.6 Å². The van der Waals surface area contributed by atoms with E-state index in [0.717, 1.165) is 6.42 Å². The van der Waals surface area contributed by atoms with Crippen LogP contribution in [0.1, 0.15) is 13.3 Å². The molecule has 0 spiro atoms. The molecule has 2 nitrogen and oxygen atoms in total. The largest absolute Gasteiger partial charge is 0.335 e. The fourth-order valence-corrected chi connectivity index (χ4v) is 2.99. The number of alkyl halides is 2. The molecule has 0 saturated heterocycles. The predicted molar refractivity (Wildman–Crippen MR) is 70.3 cm³/mol. The van der Waals surface area contributed by atoms with Crippen LogP contribution >= 0.6 is 31.9 Å². The van der Waals surface area contributed by atoms with Gasteiger partial charge in [-0.3, -0.25) is 4.79 Å². The van der Waals surface area contributed by atoms with Crippen LogP contribution in [0.25, 0.3) is 0 Å². The molecule has 15 heavy (non-hydrogen) atoms. The highest BCUT2D eigenvalue weighted by atomic mass is 79.9. The van der Waals surface area contributed by atoms with Gasteiger partial charge >= 0.3 is 0 Å². The molecule has 0 bridgehead atoms. The Kier molecular flexibility index (Phi) is 3.82. The minimum atomic E-state index is -0.348. The summed E-state index contributed by atoms with van der Waals surface area (Å²) in [4.78, 5) is 13.9. The van der Waals surface area contributed by atoms with Crippen LogP contribution in [0.5, 0.6) is 0 Å². The summed E-state index contributed by atoms with van der Waals surface area (Å²) >= 11 is 6.99. The summed E-state index contributed by atoms with van der Waals surface area (Å²) in [6.07, 6.45) is 4.28. The minimum absolute atomic E-state index is 0.135. The van der Waals surface area contributed by atoms with Crippen molar-refractivity contribution in [2.24, 2.45) is 5.41 Å². The first-order valence-electron chi connectivity index (χ1n) is 4.78. The normalized spacial score (nSPS) is 26.9. The number of amides is 1. The maximum atomic E-state index is 12.2. The molecule has 1 atom stereocenters. The van der Waals surface area contributed by atoms with Crippen molar-refractivity contribution in [3.8, 4) is 0 Å². The number of carbonyl (C=O) groups excluding carboxylic acids is 1. The first-order chi connectivity index (χ1) is 6.89. The highest BCUT2D eigenvalue weighted by Crippen LogP contribution is 2.66. The zero-order valence-electron chi connectivity index (χ0n) is 8.80. The Balaban J connectivity index is 2.73. The standard InChI is InChI=1S/C11H15Br2NO/c1-4-6-14(7-5-2)9(15)10(3)8-11(10,12)13/h4-5H,1-2,6-8H2,3H3. The Morgan fingerprint density at radius 3 is 2.07 bits per heavy atom. The van der Waals surface area contributed by atoms with Gasteiger partial charge in [-0.25, -0.2) is 0 Å². The molecule has 0 aromatic heterocycles. The first-order valence-corrected chi connectivity index (χ1v) is 6.36. The predicted octanol–water partition coefficient (Wildman–Crippen LogP) is 3.08. The Bertz CT molecular complexity index is 291. The number of hydrogen-bond donors (Lipinski definition) is 0. The van der Waals surface area contributed by atoms with Crippen LogP contribution in [-0.4, -0.2) is 27.1 Å². The van der Waals surface area contributed by atoms with Gasteiger partial charge in [-0.05, 0) is 13.3 Å². The van der Waals surface area contributed by atoms with Gasteiger partial charge in [0.15, 0.2) is 0 Å². The SMILES string of the molecule is C=CCN(CC=C)C(=O)C1(C)CC1(Br)Br. The van der Waals surface area contributed by atoms with E-state index in [9.17, 15) is 4.79 Å². The van der Waals surface area contributed by atoms with E-state index >= 15 is 0 Å². The molecule has 1 rings (SSSR count). The van der Waals surface area contributed by atoms with Crippen molar-refractivity contribution in [3.63, 3.8) is 0 Å². The third-order valence-electron chi connectivity index (χ3n) is 2.72. The van der Waals surface area contributed by atoms with E-state index in [2.05, 4.69) is 45.0 Å². The fraction of sp³-hybridized carbons (Fsp3) is 0.545. The van der Waals surface area contributed by atoms with Gasteiger partial charge in [0, 0.05) is 13.1 Å². The van der Waals surface area contributed by atoms with Crippen LogP contribution in [0.3, 0.4) is 0 Å². The number of carbonyl (C=O) groups is 1.